The van der Waals surface area contributed by atoms with Crippen LogP contribution in [0.1, 0.15) is 34.6 Å². The van der Waals surface area contributed by atoms with E-state index in [-0.39, 0.29) is 12.4 Å². The lowest BCUT2D eigenvalue weighted by molar-refractivity contribution is -0.125. The first-order valence-corrected chi connectivity index (χ1v) is 9.52. The van der Waals surface area contributed by atoms with Gasteiger partial charge < -0.3 is 19.1 Å². The standard InChI is InChI=1S/C21H23N3O6/c1-3-24(4-2)16-8-5-14(6-9-16)20(26)23-22-19(25)12-28-21(27)15-7-10-17-18(11-15)30-13-29-17/h5-11H,3-4,12-13H2,1-2H3,(H,22,25)(H,23,26). The molecule has 30 heavy (non-hydrogen) atoms. The topological polar surface area (TPSA) is 106 Å². The van der Waals surface area contributed by atoms with E-state index in [1.807, 2.05) is 12.1 Å². The lowest BCUT2D eigenvalue weighted by Gasteiger charge is -2.21. The Labute approximate surface area is 173 Å². The average Bonchev–Trinajstić information content (AvgIpc) is 3.25. The summed E-state index contributed by atoms with van der Waals surface area (Å²) in [6.07, 6.45) is 0. The third kappa shape index (κ3) is 4.99. The summed E-state index contributed by atoms with van der Waals surface area (Å²) in [5, 5.41) is 0. The van der Waals surface area contributed by atoms with Gasteiger partial charge in [0, 0.05) is 24.3 Å². The van der Waals surface area contributed by atoms with Crippen molar-refractivity contribution in [3.8, 4) is 11.5 Å². The molecule has 0 saturated carbocycles. The van der Waals surface area contributed by atoms with Crippen LogP contribution in [0.5, 0.6) is 11.5 Å². The van der Waals surface area contributed by atoms with Crippen LogP contribution in [0.25, 0.3) is 0 Å². The summed E-state index contributed by atoms with van der Waals surface area (Å²) in [6, 6.07) is 11.6. The minimum absolute atomic E-state index is 0.0914. The number of esters is 1. The van der Waals surface area contributed by atoms with Crippen LogP contribution in [-0.2, 0) is 9.53 Å². The van der Waals surface area contributed by atoms with Gasteiger partial charge in [-0.05, 0) is 56.3 Å². The molecule has 0 unspecified atom stereocenters. The van der Waals surface area contributed by atoms with Gasteiger partial charge in [0.05, 0.1) is 5.56 Å². The van der Waals surface area contributed by atoms with Crippen molar-refractivity contribution in [2.75, 3.05) is 31.4 Å². The second kappa shape index (κ2) is 9.64. The maximum Gasteiger partial charge on any atom is 0.338 e. The van der Waals surface area contributed by atoms with Crippen LogP contribution in [0.2, 0.25) is 0 Å². The second-order valence-corrected chi connectivity index (χ2v) is 6.37. The van der Waals surface area contributed by atoms with Crippen LogP contribution >= 0.6 is 0 Å². The van der Waals surface area contributed by atoms with E-state index in [1.54, 1.807) is 18.2 Å². The molecular weight excluding hydrogens is 390 g/mol. The number of hydrogen-bond donors (Lipinski definition) is 2. The van der Waals surface area contributed by atoms with Gasteiger partial charge in [-0.25, -0.2) is 4.79 Å². The molecule has 1 aliphatic rings. The molecule has 2 N–H and O–H groups in total. The highest BCUT2D eigenvalue weighted by molar-refractivity contribution is 5.96. The van der Waals surface area contributed by atoms with Gasteiger partial charge in [-0.15, -0.1) is 0 Å². The molecule has 0 aliphatic carbocycles. The molecular formula is C21H23N3O6. The molecule has 1 aliphatic heterocycles. The van der Waals surface area contributed by atoms with Gasteiger partial charge in [-0.2, -0.15) is 0 Å². The number of hydrazine groups is 1. The predicted octanol–water partition coefficient (Wildman–Crippen LogP) is 1.88. The number of rotatable bonds is 7. The molecule has 0 atom stereocenters. The lowest BCUT2D eigenvalue weighted by Crippen LogP contribution is -2.43. The monoisotopic (exact) mass is 413 g/mol. The van der Waals surface area contributed by atoms with E-state index in [0.717, 1.165) is 18.8 Å². The Hall–Kier alpha value is -3.75. The zero-order chi connectivity index (χ0) is 21.5. The molecule has 2 aromatic rings. The molecule has 1 heterocycles. The van der Waals surface area contributed by atoms with Crippen molar-refractivity contribution in [2.45, 2.75) is 13.8 Å². The summed E-state index contributed by atoms with van der Waals surface area (Å²) >= 11 is 0. The van der Waals surface area contributed by atoms with Gasteiger partial charge >= 0.3 is 5.97 Å². The van der Waals surface area contributed by atoms with Gasteiger partial charge in [-0.1, -0.05) is 0 Å². The number of anilines is 1. The van der Waals surface area contributed by atoms with E-state index in [1.165, 1.54) is 12.1 Å². The molecule has 9 nitrogen and oxygen atoms in total. The van der Waals surface area contributed by atoms with Crippen molar-refractivity contribution in [1.82, 2.24) is 10.9 Å². The molecule has 2 amide bonds. The predicted molar refractivity (Wildman–Crippen MR) is 108 cm³/mol. The fraction of sp³-hybridized carbons (Fsp3) is 0.286. The smallest absolute Gasteiger partial charge is 0.338 e. The molecule has 0 radical (unpaired) electrons. The Morgan fingerprint density at radius 3 is 2.30 bits per heavy atom. The van der Waals surface area contributed by atoms with Crippen LogP contribution in [0.3, 0.4) is 0 Å². The molecule has 0 aromatic heterocycles. The minimum Gasteiger partial charge on any atom is -0.454 e. The number of nitrogens with one attached hydrogen (secondary N) is 2. The zero-order valence-corrected chi connectivity index (χ0v) is 16.8. The number of amides is 2. The third-order valence-corrected chi connectivity index (χ3v) is 4.52. The van der Waals surface area contributed by atoms with E-state index in [0.29, 0.717) is 17.1 Å². The third-order valence-electron chi connectivity index (χ3n) is 4.52. The van der Waals surface area contributed by atoms with Gasteiger partial charge in [0.15, 0.2) is 18.1 Å². The highest BCUT2D eigenvalue weighted by Crippen LogP contribution is 2.32. The molecule has 0 fully saturated rings. The maximum absolute atomic E-state index is 12.2. The largest absolute Gasteiger partial charge is 0.454 e. The van der Waals surface area contributed by atoms with Crippen molar-refractivity contribution in [3.05, 3.63) is 53.6 Å². The van der Waals surface area contributed by atoms with Crippen LogP contribution in [0, 0.1) is 0 Å². The summed E-state index contributed by atoms with van der Waals surface area (Å²) < 4.78 is 15.3. The van der Waals surface area contributed by atoms with Crippen LogP contribution < -0.4 is 25.2 Å². The molecule has 158 valence electrons. The Morgan fingerprint density at radius 1 is 0.933 bits per heavy atom. The first-order chi connectivity index (χ1) is 14.5. The molecule has 9 heteroatoms. The van der Waals surface area contributed by atoms with E-state index in [9.17, 15) is 14.4 Å². The quantitative estimate of drug-likeness (QED) is 0.527. The molecule has 0 bridgehead atoms. The highest BCUT2D eigenvalue weighted by atomic mass is 16.7. The molecule has 0 spiro atoms. The van der Waals surface area contributed by atoms with Crippen LogP contribution in [-0.4, -0.2) is 44.3 Å². The van der Waals surface area contributed by atoms with Crippen molar-refractivity contribution in [1.29, 1.82) is 0 Å². The number of hydrogen-bond acceptors (Lipinski definition) is 7. The summed E-state index contributed by atoms with van der Waals surface area (Å²) in [6.45, 7) is 5.38. The number of fused-ring (bicyclic) bond motifs is 1. The summed E-state index contributed by atoms with van der Waals surface area (Å²) in [4.78, 5) is 38.2. The maximum atomic E-state index is 12.2. The fourth-order valence-electron chi connectivity index (χ4n) is 2.89. The zero-order valence-electron chi connectivity index (χ0n) is 16.8. The number of carbonyl (C=O) groups is 3. The summed E-state index contributed by atoms with van der Waals surface area (Å²) in [7, 11) is 0. The van der Waals surface area contributed by atoms with Crippen molar-refractivity contribution >= 4 is 23.5 Å². The molecule has 2 aromatic carbocycles. The van der Waals surface area contributed by atoms with E-state index >= 15 is 0 Å². The lowest BCUT2D eigenvalue weighted by atomic mass is 10.2. The first kappa shape index (κ1) is 21.0. The van der Waals surface area contributed by atoms with Crippen molar-refractivity contribution in [2.24, 2.45) is 0 Å². The first-order valence-electron chi connectivity index (χ1n) is 9.52. The summed E-state index contributed by atoms with van der Waals surface area (Å²) in [5.74, 6) is -0.860. The minimum atomic E-state index is -0.693. The van der Waals surface area contributed by atoms with E-state index < -0.39 is 24.4 Å². The van der Waals surface area contributed by atoms with Gasteiger partial charge in [0.1, 0.15) is 0 Å². The van der Waals surface area contributed by atoms with Gasteiger partial charge in [-0.3, -0.25) is 20.4 Å². The van der Waals surface area contributed by atoms with Crippen LogP contribution in [0.15, 0.2) is 42.5 Å². The fourth-order valence-corrected chi connectivity index (χ4v) is 2.89. The Kier molecular flexibility index (Phi) is 6.74. The highest BCUT2D eigenvalue weighted by Gasteiger charge is 2.18. The SMILES string of the molecule is CCN(CC)c1ccc(C(=O)NNC(=O)COC(=O)c2ccc3c(c2)OCO3)cc1. The van der Waals surface area contributed by atoms with E-state index in [4.69, 9.17) is 14.2 Å². The van der Waals surface area contributed by atoms with Crippen LogP contribution in [0.4, 0.5) is 5.69 Å². The van der Waals surface area contributed by atoms with Crippen molar-refractivity contribution in [3.63, 3.8) is 0 Å². The molecule has 3 rings (SSSR count). The second-order valence-electron chi connectivity index (χ2n) is 6.37. The average molecular weight is 413 g/mol. The van der Waals surface area contributed by atoms with Crippen molar-refractivity contribution < 1.29 is 28.6 Å². The Balaban J connectivity index is 1.45. The van der Waals surface area contributed by atoms with Gasteiger partial charge in [0.2, 0.25) is 6.79 Å². The Morgan fingerprint density at radius 2 is 1.60 bits per heavy atom. The van der Waals surface area contributed by atoms with Gasteiger partial charge in [0.25, 0.3) is 11.8 Å². The number of benzene rings is 2. The molecule has 0 saturated heterocycles. The summed E-state index contributed by atoms with van der Waals surface area (Å²) in [5.41, 5.74) is 6.14. The van der Waals surface area contributed by atoms with E-state index in [2.05, 4.69) is 29.6 Å². The Bertz CT molecular complexity index is 925. The number of ether oxygens (including phenoxy) is 3. The number of nitrogens with zero attached hydrogens (tertiary/aromatic N) is 1. The normalized spacial score (nSPS) is 11.5. The number of carbonyl (C=O) groups excluding carboxylic acids is 3.